The summed E-state index contributed by atoms with van der Waals surface area (Å²) in [6, 6.07) is 3.80. The van der Waals surface area contributed by atoms with Crippen molar-refractivity contribution in [3.63, 3.8) is 0 Å². The third-order valence-corrected chi connectivity index (χ3v) is 3.29. The zero-order chi connectivity index (χ0) is 14.0. The Morgan fingerprint density at radius 2 is 2.00 bits per heavy atom. The zero-order valence-corrected chi connectivity index (χ0v) is 11.0. The average Bonchev–Trinajstić information content (AvgIpc) is 2.82. The fourth-order valence-electron chi connectivity index (χ4n) is 2.16. The van der Waals surface area contributed by atoms with Crippen LogP contribution in [-0.2, 0) is 0 Å². The first-order valence-corrected chi connectivity index (χ1v) is 6.22. The Balaban J connectivity index is 2.46. The highest BCUT2D eigenvalue weighted by atomic mass is 19.2. The van der Waals surface area contributed by atoms with Gasteiger partial charge in [-0.3, -0.25) is 0 Å². The quantitative estimate of drug-likeness (QED) is 0.923. The number of aromatic nitrogens is 2. The molecule has 0 saturated carbocycles. The van der Waals surface area contributed by atoms with E-state index in [1.807, 2.05) is 0 Å². The Morgan fingerprint density at radius 1 is 1.26 bits per heavy atom. The molecule has 5 heteroatoms. The average molecular weight is 265 g/mol. The molecule has 0 amide bonds. The van der Waals surface area contributed by atoms with Gasteiger partial charge in [0.05, 0.1) is 6.33 Å². The van der Waals surface area contributed by atoms with Gasteiger partial charge in [-0.2, -0.15) is 0 Å². The predicted molar refractivity (Wildman–Crippen MR) is 70.1 cm³/mol. The Morgan fingerprint density at radius 3 is 2.58 bits per heavy atom. The number of halogens is 2. The third kappa shape index (κ3) is 2.66. The number of imidazole rings is 1. The first-order chi connectivity index (χ1) is 9.04. The zero-order valence-electron chi connectivity index (χ0n) is 11.0. The Hall–Kier alpha value is -1.75. The summed E-state index contributed by atoms with van der Waals surface area (Å²) in [5.74, 6) is -1.27. The summed E-state index contributed by atoms with van der Waals surface area (Å²) < 4.78 is 28.0. The largest absolute Gasteiger partial charge is 0.330 e. The van der Waals surface area contributed by atoms with Gasteiger partial charge >= 0.3 is 0 Å². The summed E-state index contributed by atoms with van der Waals surface area (Å²) in [6.45, 7) is 4.62. The van der Waals surface area contributed by atoms with E-state index in [0.29, 0.717) is 18.2 Å². The molecule has 2 rings (SSSR count). The molecule has 1 aromatic heterocycles. The van der Waals surface area contributed by atoms with E-state index < -0.39 is 11.6 Å². The van der Waals surface area contributed by atoms with Gasteiger partial charge in [-0.15, -0.1) is 0 Å². The minimum absolute atomic E-state index is 0.121. The number of hydrogen-bond donors (Lipinski definition) is 1. The molecule has 0 saturated heterocycles. The third-order valence-electron chi connectivity index (χ3n) is 3.29. The molecule has 19 heavy (non-hydrogen) atoms. The SMILES string of the molecule is CC(C)C(CN)c1cncn1-c1ccc(F)c(F)c1. The van der Waals surface area contributed by atoms with Crippen molar-refractivity contribution in [2.75, 3.05) is 6.54 Å². The number of nitrogens with zero attached hydrogens (tertiary/aromatic N) is 2. The van der Waals surface area contributed by atoms with Gasteiger partial charge in [0.15, 0.2) is 11.6 Å². The van der Waals surface area contributed by atoms with E-state index in [4.69, 9.17) is 5.73 Å². The van der Waals surface area contributed by atoms with Crippen LogP contribution in [0.25, 0.3) is 5.69 Å². The molecule has 1 aromatic carbocycles. The number of rotatable bonds is 4. The first kappa shape index (κ1) is 13.7. The Bertz CT molecular complexity index is 564. The maximum atomic E-state index is 13.3. The van der Waals surface area contributed by atoms with Crippen LogP contribution >= 0.6 is 0 Å². The summed E-state index contributed by atoms with van der Waals surface area (Å²) in [5, 5.41) is 0. The van der Waals surface area contributed by atoms with Crippen LogP contribution in [0.3, 0.4) is 0 Å². The van der Waals surface area contributed by atoms with E-state index in [9.17, 15) is 8.78 Å². The summed E-state index contributed by atoms with van der Waals surface area (Å²) in [6.07, 6.45) is 3.31. The molecule has 1 unspecified atom stereocenters. The van der Waals surface area contributed by atoms with Gasteiger partial charge in [-0.1, -0.05) is 13.8 Å². The summed E-state index contributed by atoms with van der Waals surface area (Å²) >= 11 is 0. The van der Waals surface area contributed by atoms with E-state index in [-0.39, 0.29) is 5.92 Å². The van der Waals surface area contributed by atoms with E-state index >= 15 is 0 Å². The van der Waals surface area contributed by atoms with Gasteiger partial charge in [0.2, 0.25) is 0 Å². The van der Waals surface area contributed by atoms with Crippen LogP contribution in [0.15, 0.2) is 30.7 Å². The van der Waals surface area contributed by atoms with E-state index in [1.165, 1.54) is 6.07 Å². The molecule has 3 nitrogen and oxygen atoms in total. The maximum absolute atomic E-state index is 13.3. The van der Waals surface area contributed by atoms with Crippen LogP contribution in [0.1, 0.15) is 25.5 Å². The minimum Gasteiger partial charge on any atom is -0.330 e. The molecule has 0 bridgehead atoms. The number of hydrogen-bond acceptors (Lipinski definition) is 2. The lowest BCUT2D eigenvalue weighted by Crippen LogP contribution is -2.20. The Kier molecular flexibility index (Phi) is 3.95. The van der Waals surface area contributed by atoms with Gasteiger partial charge in [0.1, 0.15) is 0 Å². The molecule has 102 valence electrons. The molecule has 2 N–H and O–H groups in total. The van der Waals surface area contributed by atoms with Crippen LogP contribution in [0.5, 0.6) is 0 Å². The molecule has 0 aliphatic heterocycles. The van der Waals surface area contributed by atoms with Gasteiger partial charge < -0.3 is 10.3 Å². The topological polar surface area (TPSA) is 43.8 Å². The second-order valence-corrected chi connectivity index (χ2v) is 4.87. The van der Waals surface area contributed by atoms with Crippen molar-refractivity contribution in [3.8, 4) is 5.69 Å². The standard InChI is InChI=1S/C14H17F2N3/c1-9(2)11(6-17)14-7-18-8-19(14)10-3-4-12(15)13(16)5-10/h3-5,7-9,11H,6,17H2,1-2H3. The van der Waals surface area contributed by atoms with Crippen LogP contribution in [0, 0.1) is 17.6 Å². The number of nitrogens with two attached hydrogens (primary N) is 1. The molecule has 0 aliphatic rings. The first-order valence-electron chi connectivity index (χ1n) is 6.22. The van der Waals surface area contributed by atoms with Gasteiger partial charge in [-0.05, 0) is 18.1 Å². The van der Waals surface area contributed by atoms with Crippen molar-refractivity contribution in [2.24, 2.45) is 11.7 Å². The van der Waals surface area contributed by atoms with Crippen molar-refractivity contribution < 1.29 is 8.78 Å². The van der Waals surface area contributed by atoms with Crippen LogP contribution in [0.4, 0.5) is 8.78 Å². The second kappa shape index (κ2) is 5.48. The second-order valence-electron chi connectivity index (χ2n) is 4.87. The normalized spacial score (nSPS) is 12.9. The van der Waals surface area contributed by atoms with Crippen molar-refractivity contribution in [3.05, 3.63) is 48.1 Å². The summed E-state index contributed by atoms with van der Waals surface area (Å²) in [4.78, 5) is 4.09. The fraction of sp³-hybridized carbons (Fsp3) is 0.357. The highest BCUT2D eigenvalue weighted by Crippen LogP contribution is 2.25. The van der Waals surface area contributed by atoms with Gasteiger partial charge in [0.25, 0.3) is 0 Å². The molecule has 0 radical (unpaired) electrons. The van der Waals surface area contributed by atoms with Crippen LogP contribution < -0.4 is 5.73 Å². The predicted octanol–water partition coefficient (Wildman–Crippen LogP) is 2.85. The molecule has 0 spiro atoms. The molecule has 0 aliphatic carbocycles. The van der Waals surface area contributed by atoms with Crippen molar-refractivity contribution >= 4 is 0 Å². The molecule has 1 atom stereocenters. The number of benzene rings is 1. The summed E-state index contributed by atoms with van der Waals surface area (Å²) in [7, 11) is 0. The molecular weight excluding hydrogens is 248 g/mol. The molecule has 1 heterocycles. The highest BCUT2D eigenvalue weighted by molar-refractivity contribution is 5.35. The lowest BCUT2D eigenvalue weighted by Gasteiger charge is -2.20. The van der Waals surface area contributed by atoms with E-state index in [0.717, 1.165) is 17.8 Å². The lowest BCUT2D eigenvalue weighted by atomic mass is 9.93. The van der Waals surface area contributed by atoms with Crippen LogP contribution in [0.2, 0.25) is 0 Å². The van der Waals surface area contributed by atoms with Gasteiger partial charge in [-0.25, -0.2) is 13.8 Å². The van der Waals surface area contributed by atoms with Crippen LogP contribution in [-0.4, -0.2) is 16.1 Å². The van der Waals surface area contributed by atoms with Crippen molar-refractivity contribution in [1.29, 1.82) is 0 Å². The Labute approximate surface area is 111 Å². The van der Waals surface area contributed by atoms with Gasteiger partial charge in [0, 0.05) is 36.1 Å². The lowest BCUT2D eigenvalue weighted by molar-refractivity contribution is 0.488. The molecule has 2 aromatic rings. The highest BCUT2D eigenvalue weighted by Gasteiger charge is 2.19. The molecular formula is C14H17F2N3. The van der Waals surface area contributed by atoms with E-state index in [1.54, 1.807) is 17.1 Å². The molecule has 0 fully saturated rings. The van der Waals surface area contributed by atoms with E-state index in [2.05, 4.69) is 18.8 Å². The minimum atomic E-state index is -0.869. The fourth-order valence-corrected chi connectivity index (χ4v) is 2.16. The van der Waals surface area contributed by atoms with Crippen molar-refractivity contribution in [1.82, 2.24) is 9.55 Å². The maximum Gasteiger partial charge on any atom is 0.160 e. The monoisotopic (exact) mass is 265 g/mol. The van der Waals surface area contributed by atoms with Crippen molar-refractivity contribution in [2.45, 2.75) is 19.8 Å². The smallest absolute Gasteiger partial charge is 0.160 e. The summed E-state index contributed by atoms with van der Waals surface area (Å²) in [5.41, 5.74) is 7.24.